The zero-order valence-electron chi connectivity index (χ0n) is 6.09. The molecule has 3 nitrogen and oxygen atoms in total. The Morgan fingerprint density at radius 2 is 1.11 bits per heavy atom. The Morgan fingerprint density at radius 1 is 0.889 bits per heavy atom. The maximum absolute atomic E-state index is 7.00. The van der Waals surface area contributed by atoms with Crippen LogP contribution < -0.4 is 0 Å². The number of rotatable bonds is 0. The molecule has 1 aliphatic heterocycles. The van der Waals surface area contributed by atoms with Gasteiger partial charge in [-0.3, -0.25) is 0 Å². The number of ether oxygens (including phenoxy) is 2. The summed E-state index contributed by atoms with van der Waals surface area (Å²) in [7, 11) is 1.00. The first kappa shape index (κ1) is 12.2. The minimum Gasteiger partial charge on any atom is -0.400 e. The van der Waals surface area contributed by atoms with E-state index < -0.39 is 0 Å². The fraction of sp³-hybridized carbons (Fsp3) is 1.00. The quantitative estimate of drug-likeness (QED) is 0.435. The van der Waals surface area contributed by atoms with Crippen LogP contribution in [-0.4, -0.2) is 57.5 Å². The van der Waals surface area contributed by atoms with E-state index in [0.717, 1.165) is 33.5 Å². The van der Waals surface area contributed by atoms with E-state index in [0.29, 0.717) is 0 Å². The van der Waals surface area contributed by atoms with E-state index >= 15 is 0 Å². The standard InChI is InChI=1S/C4H8O2.CH4O.Li/c1-2-6-4-3-5-1;1-2;/h1-4H2;2H,1H3;. The normalized spacial score (nSPS) is 16.7. The fourth-order valence-electron chi connectivity index (χ4n) is 0.440. The van der Waals surface area contributed by atoms with Gasteiger partial charge in [0.2, 0.25) is 0 Å². The molecule has 1 aliphatic rings. The molecule has 51 valence electrons. The maximum atomic E-state index is 7.00. The first-order valence-corrected chi connectivity index (χ1v) is 2.60. The van der Waals surface area contributed by atoms with Crippen LogP contribution in [0.5, 0.6) is 0 Å². The summed E-state index contributed by atoms with van der Waals surface area (Å²) in [5, 5.41) is 7.00. The molecule has 1 heterocycles. The van der Waals surface area contributed by atoms with Crippen molar-refractivity contribution in [2.75, 3.05) is 33.5 Å². The van der Waals surface area contributed by atoms with Crippen LogP contribution >= 0.6 is 0 Å². The molecule has 0 saturated carbocycles. The Morgan fingerprint density at radius 3 is 1.22 bits per heavy atom. The molecule has 0 aromatic carbocycles. The van der Waals surface area contributed by atoms with E-state index in [-0.39, 0.29) is 18.9 Å². The zero-order valence-corrected chi connectivity index (χ0v) is 6.09. The number of aliphatic hydroxyl groups excluding tert-OH is 1. The van der Waals surface area contributed by atoms with Crippen molar-refractivity contribution < 1.29 is 14.6 Å². The monoisotopic (exact) mass is 127 g/mol. The SMILES string of the molecule is C1COCCO1.CO.[Li]. The Balaban J connectivity index is 0. The van der Waals surface area contributed by atoms with Gasteiger partial charge in [-0.25, -0.2) is 0 Å². The molecule has 0 spiro atoms. The van der Waals surface area contributed by atoms with Gasteiger partial charge in [-0.1, -0.05) is 0 Å². The topological polar surface area (TPSA) is 38.7 Å². The van der Waals surface area contributed by atoms with Crippen molar-refractivity contribution in [3.63, 3.8) is 0 Å². The smallest absolute Gasteiger partial charge is 0.0701 e. The number of hydrogen-bond donors (Lipinski definition) is 1. The van der Waals surface area contributed by atoms with Crippen LogP contribution in [0.15, 0.2) is 0 Å². The van der Waals surface area contributed by atoms with Gasteiger partial charge in [-0.2, -0.15) is 0 Å². The van der Waals surface area contributed by atoms with Crippen LogP contribution in [-0.2, 0) is 9.47 Å². The van der Waals surface area contributed by atoms with Gasteiger partial charge in [-0.05, 0) is 0 Å². The summed E-state index contributed by atoms with van der Waals surface area (Å²) >= 11 is 0. The third-order valence-corrected chi connectivity index (χ3v) is 0.744. The van der Waals surface area contributed by atoms with Gasteiger partial charge in [0.1, 0.15) is 0 Å². The summed E-state index contributed by atoms with van der Waals surface area (Å²) < 4.78 is 9.89. The molecule has 0 atom stereocenters. The predicted molar refractivity (Wildman–Crippen MR) is 35.5 cm³/mol. The maximum Gasteiger partial charge on any atom is 0.0701 e. The van der Waals surface area contributed by atoms with Crippen LogP contribution in [0.4, 0.5) is 0 Å². The predicted octanol–water partition coefficient (Wildman–Crippen LogP) is -0.739. The molecule has 0 aliphatic carbocycles. The van der Waals surface area contributed by atoms with Crippen LogP contribution in [0, 0.1) is 0 Å². The molecule has 4 heteroatoms. The first-order valence-electron chi connectivity index (χ1n) is 2.60. The summed E-state index contributed by atoms with van der Waals surface area (Å²) in [6, 6.07) is 0. The fourth-order valence-corrected chi connectivity index (χ4v) is 0.440. The van der Waals surface area contributed by atoms with E-state index in [4.69, 9.17) is 14.6 Å². The van der Waals surface area contributed by atoms with Crippen LogP contribution in [0.3, 0.4) is 0 Å². The second-order valence-corrected chi connectivity index (χ2v) is 1.22. The molecule has 1 rings (SSSR count). The molecule has 1 saturated heterocycles. The third-order valence-electron chi connectivity index (χ3n) is 0.744. The van der Waals surface area contributed by atoms with Crippen molar-refractivity contribution >= 4 is 18.9 Å². The second kappa shape index (κ2) is 11.3. The van der Waals surface area contributed by atoms with Gasteiger partial charge in [-0.15, -0.1) is 0 Å². The molecule has 0 amide bonds. The Hall–Kier alpha value is 0.477. The Kier molecular flexibility index (Phi) is 15.3. The third kappa shape index (κ3) is 8.48. The van der Waals surface area contributed by atoms with E-state index in [1.807, 2.05) is 0 Å². The molecule has 1 fully saturated rings. The zero-order chi connectivity index (χ0) is 6.24. The van der Waals surface area contributed by atoms with Gasteiger partial charge in [0.05, 0.1) is 26.4 Å². The summed E-state index contributed by atoms with van der Waals surface area (Å²) in [5.41, 5.74) is 0. The van der Waals surface area contributed by atoms with Gasteiger partial charge < -0.3 is 14.6 Å². The summed E-state index contributed by atoms with van der Waals surface area (Å²) in [6.45, 7) is 3.11. The molecular formula is C5H12LiO3. The molecule has 9 heavy (non-hydrogen) atoms. The van der Waals surface area contributed by atoms with E-state index in [1.165, 1.54) is 0 Å². The van der Waals surface area contributed by atoms with Gasteiger partial charge in [0, 0.05) is 26.0 Å². The molecule has 0 aromatic rings. The van der Waals surface area contributed by atoms with Gasteiger partial charge in [0.25, 0.3) is 0 Å². The van der Waals surface area contributed by atoms with Crippen molar-refractivity contribution in [3.05, 3.63) is 0 Å². The van der Waals surface area contributed by atoms with Gasteiger partial charge in [0.15, 0.2) is 0 Å². The average Bonchev–Trinajstić information content (AvgIpc) is 1.96. The van der Waals surface area contributed by atoms with Crippen LogP contribution in [0.1, 0.15) is 0 Å². The Bertz CT molecular complexity index is 27.7. The van der Waals surface area contributed by atoms with Crippen molar-refractivity contribution in [2.24, 2.45) is 0 Å². The average molecular weight is 127 g/mol. The van der Waals surface area contributed by atoms with Crippen molar-refractivity contribution in [2.45, 2.75) is 0 Å². The van der Waals surface area contributed by atoms with E-state index in [9.17, 15) is 0 Å². The number of aliphatic hydroxyl groups is 1. The minimum atomic E-state index is 0. The second-order valence-electron chi connectivity index (χ2n) is 1.22. The summed E-state index contributed by atoms with van der Waals surface area (Å²) in [6.07, 6.45) is 0. The largest absolute Gasteiger partial charge is 0.400 e. The molecular weight excluding hydrogens is 115 g/mol. The van der Waals surface area contributed by atoms with Crippen LogP contribution in [0.2, 0.25) is 0 Å². The molecule has 0 aromatic heterocycles. The first-order chi connectivity index (χ1) is 4.00. The molecule has 0 bridgehead atoms. The number of hydrogen-bond acceptors (Lipinski definition) is 3. The summed E-state index contributed by atoms with van der Waals surface area (Å²) in [4.78, 5) is 0. The van der Waals surface area contributed by atoms with Crippen LogP contribution in [0.25, 0.3) is 0 Å². The Labute approximate surface area is 67.5 Å². The van der Waals surface area contributed by atoms with Gasteiger partial charge >= 0.3 is 0 Å². The summed E-state index contributed by atoms with van der Waals surface area (Å²) in [5.74, 6) is 0. The van der Waals surface area contributed by atoms with E-state index in [2.05, 4.69) is 0 Å². The van der Waals surface area contributed by atoms with Crippen molar-refractivity contribution in [1.29, 1.82) is 0 Å². The molecule has 0 unspecified atom stereocenters. The van der Waals surface area contributed by atoms with Crippen molar-refractivity contribution in [1.82, 2.24) is 0 Å². The van der Waals surface area contributed by atoms with E-state index in [1.54, 1.807) is 0 Å². The minimum absolute atomic E-state index is 0. The molecule has 1 N–H and O–H groups in total. The molecule has 1 radical (unpaired) electrons. The van der Waals surface area contributed by atoms with Crippen molar-refractivity contribution in [3.8, 4) is 0 Å².